The van der Waals surface area contributed by atoms with Crippen molar-refractivity contribution in [3.8, 4) is 0 Å². The van der Waals surface area contributed by atoms with Crippen LogP contribution in [0.3, 0.4) is 0 Å². The van der Waals surface area contributed by atoms with E-state index in [9.17, 15) is 4.79 Å². The fraction of sp³-hybridized carbons (Fsp3) is 0.562. The minimum Gasteiger partial charge on any atom is -0.337 e. The Morgan fingerprint density at radius 2 is 1.95 bits per heavy atom. The van der Waals surface area contributed by atoms with E-state index in [-0.39, 0.29) is 18.3 Å². The molecule has 2 bridgehead atoms. The highest BCUT2D eigenvalue weighted by Crippen LogP contribution is 2.22. The number of halogens is 1. The molecular weight excluding hydrogens is 272 g/mol. The third-order valence-corrected chi connectivity index (χ3v) is 4.43. The predicted molar refractivity (Wildman–Crippen MR) is 83.6 cm³/mol. The summed E-state index contributed by atoms with van der Waals surface area (Å²) in [4.78, 5) is 14.7. The first kappa shape index (κ1) is 15.3. The topological polar surface area (TPSA) is 32.3 Å². The van der Waals surface area contributed by atoms with Crippen LogP contribution in [0.4, 0.5) is 0 Å². The minimum atomic E-state index is 0. The van der Waals surface area contributed by atoms with Gasteiger partial charge in [-0.1, -0.05) is 17.7 Å². The number of nitrogens with zero attached hydrogens (tertiary/aromatic N) is 1. The highest BCUT2D eigenvalue weighted by atomic mass is 35.5. The number of amides is 1. The van der Waals surface area contributed by atoms with E-state index < -0.39 is 0 Å². The van der Waals surface area contributed by atoms with Crippen molar-refractivity contribution in [2.75, 3.05) is 13.1 Å². The van der Waals surface area contributed by atoms with E-state index in [0.29, 0.717) is 12.1 Å². The zero-order valence-electron chi connectivity index (χ0n) is 12.2. The Labute approximate surface area is 127 Å². The van der Waals surface area contributed by atoms with Crippen LogP contribution in [0.25, 0.3) is 0 Å². The number of nitrogens with one attached hydrogen (secondary N) is 1. The third-order valence-electron chi connectivity index (χ3n) is 4.43. The van der Waals surface area contributed by atoms with Crippen LogP contribution in [0.2, 0.25) is 0 Å². The van der Waals surface area contributed by atoms with Crippen molar-refractivity contribution >= 4 is 18.3 Å². The van der Waals surface area contributed by atoms with Crippen molar-refractivity contribution in [1.29, 1.82) is 0 Å². The maximum Gasteiger partial charge on any atom is 0.254 e. The van der Waals surface area contributed by atoms with Gasteiger partial charge in [0.05, 0.1) is 0 Å². The van der Waals surface area contributed by atoms with Gasteiger partial charge in [0, 0.05) is 30.7 Å². The number of benzene rings is 1. The van der Waals surface area contributed by atoms with Gasteiger partial charge >= 0.3 is 0 Å². The van der Waals surface area contributed by atoms with Gasteiger partial charge in [-0.05, 0) is 44.7 Å². The van der Waals surface area contributed by atoms with Gasteiger partial charge in [0.15, 0.2) is 0 Å². The summed E-state index contributed by atoms with van der Waals surface area (Å²) in [5.74, 6) is 0.204. The van der Waals surface area contributed by atoms with Crippen LogP contribution in [-0.4, -0.2) is 36.0 Å². The molecular formula is C16H23ClN2O. The molecule has 0 radical (unpaired) electrons. The largest absolute Gasteiger partial charge is 0.337 e. The van der Waals surface area contributed by atoms with Crippen molar-refractivity contribution in [3.63, 3.8) is 0 Å². The third kappa shape index (κ3) is 2.99. The van der Waals surface area contributed by atoms with Crippen molar-refractivity contribution in [2.45, 2.75) is 45.2 Å². The summed E-state index contributed by atoms with van der Waals surface area (Å²) >= 11 is 0. The SMILES string of the molecule is Cc1ccc(C)c(C(=O)N2CCC3CCC(C2)N3)c1.Cl. The van der Waals surface area contributed by atoms with E-state index in [1.807, 2.05) is 30.9 Å². The van der Waals surface area contributed by atoms with Crippen LogP contribution < -0.4 is 5.32 Å². The highest BCUT2D eigenvalue weighted by Gasteiger charge is 2.31. The number of carbonyl (C=O) groups is 1. The monoisotopic (exact) mass is 294 g/mol. The lowest BCUT2D eigenvalue weighted by atomic mass is 10.0. The predicted octanol–water partition coefficient (Wildman–Crippen LogP) is 2.69. The number of carbonyl (C=O) groups excluding carboxylic acids is 1. The summed E-state index contributed by atoms with van der Waals surface area (Å²) in [6.45, 7) is 5.82. The van der Waals surface area contributed by atoms with Gasteiger partial charge in [0.25, 0.3) is 5.91 Å². The summed E-state index contributed by atoms with van der Waals surface area (Å²) in [7, 11) is 0. The molecule has 1 aromatic carbocycles. The molecule has 1 amide bonds. The zero-order valence-corrected chi connectivity index (χ0v) is 13.0. The summed E-state index contributed by atoms with van der Waals surface area (Å²) < 4.78 is 0. The normalized spacial score (nSPS) is 25.0. The van der Waals surface area contributed by atoms with Crippen molar-refractivity contribution in [1.82, 2.24) is 10.2 Å². The molecule has 2 heterocycles. The zero-order chi connectivity index (χ0) is 13.4. The van der Waals surface area contributed by atoms with Crippen LogP contribution in [0.1, 0.15) is 40.7 Å². The summed E-state index contributed by atoms with van der Waals surface area (Å²) in [6.07, 6.45) is 3.57. The van der Waals surface area contributed by atoms with E-state index in [1.165, 1.54) is 12.8 Å². The molecule has 20 heavy (non-hydrogen) atoms. The first-order chi connectivity index (χ1) is 9.13. The molecule has 2 unspecified atom stereocenters. The van der Waals surface area contributed by atoms with Crippen molar-refractivity contribution in [2.24, 2.45) is 0 Å². The second-order valence-corrected chi connectivity index (χ2v) is 6.00. The Balaban J connectivity index is 0.00000147. The Kier molecular flexibility index (Phi) is 4.71. The molecule has 2 aliphatic rings. The first-order valence-electron chi connectivity index (χ1n) is 7.26. The molecule has 0 aromatic heterocycles. The van der Waals surface area contributed by atoms with E-state index in [0.717, 1.165) is 36.2 Å². The lowest BCUT2D eigenvalue weighted by Crippen LogP contribution is -2.39. The van der Waals surface area contributed by atoms with E-state index >= 15 is 0 Å². The fourth-order valence-corrected chi connectivity index (χ4v) is 3.26. The maximum absolute atomic E-state index is 12.7. The summed E-state index contributed by atoms with van der Waals surface area (Å²) in [6, 6.07) is 7.26. The van der Waals surface area contributed by atoms with Gasteiger partial charge in [-0.15, -0.1) is 12.4 Å². The molecule has 0 aliphatic carbocycles. The van der Waals surface area contributed by atoms with Crippen molar-refractivity contribution < 1.29 is 4.79 Å². The number of rotatable bonds is 1. The molecule has 3 nitrogen and oxygen atoms in total. The molecule has 4 heteroatoms. The molecule has 2 aliphatic heterocycles. The first-order valence-corrected chi connectivity index (χ1v) is 7.26. The molecule has 0 saturated carbocycles. The number of likely N-dealkylation sites (tertiary alicyclic amines) is 1. The van der Waals surface area contributed by atoms with Gasteiger partial charge in [0.2, 0.25) is 0 Å². The second-order valence-electron chi connectivity index (χ2n) is 6.00. The van der Waals surface area contributed by atoms with Gasteiger partial charge < -0.3 is 10.2 Å². The number of hydrogen-bond acceptors (Lipinski definition) is 2. The van der Waals surface area contributed by atoms with Gasteiger partial charge in [-0.3, -0.25) is 4.79 Å². The highest BCUT2D eigenvalue weighted by molar-refractivity contribution is 5.95. The minimum absolute atomic E-state index is 0. The number of hydrogen-bond donors (Lipinski definition) is 1. The van der Waals surface area contributed by atoms with E-state index in [1.54, 1.807) is 0 Å². The average molecular weight is 295 g/mol. The Hall–Kier alpha value is -1.06. The van der Waals surface area contributed by atoms with Gasteiger partial charge in [-0.2, -0.15) is 0 Å². The Morgan fingerprint density at radius 3 is 2.75 bits per heavy atom. The summed E-state index contributed by atoms with van der Waals surface area (Å²) in [5, 5.41) is 3.62. The second kappa shape index (κ2) is 6.15. The smallest absolute Gasteiger partial charge is 0.254 e. The Bertz CT molecular complexity index is 503. The van der Waals surface area contributed by atoms with Gasteiger partial charge in [-0.25, -0.2) is 0 Å². The molecule has 3 rings (SSSR count). The molecule has 0 spiro atoms. The van der Waals surface area contributed by atoms with Crippen LogP contribution in [-0.2, 0) is 0 Å². The summed E-state index contributed by atoms with van der Waals surface area (Å²) in [5.41, 5.74) is 3.11. The lowest BCUT2D eigenvalue weighted by Gasteiger charge is -2.25. The molecule has 2 fully saturated rings. The number of fused-ring (bicyclic) bond motifs is 2. The van der Waals surface area contributed by atoms with Crippen LogP contribution in [0.5, 0.6) is 0 Å². The van der Waals surface area contributed by atoms with Gasteiger partial charge in [0.1, 0.15) is 0 Å². The van der Waals surface area contributed by atoms with Crippen molar-refractivity contribution in [3.05, 3.63) is 34.9 Å². The molecule has 1 N–H and O–H groups in total. The molecule has 2 atom stereocenters. The fourth-order valence-electron chi connectivity index (χ4n) is 3.26. The van der Waals surface area contributed by atoms with Crippen LogP contribution in [0, 0.1) is 13.8 Å². The number of aryl methyl sites for hydroxylation is 2. The van der Waals surface area contributed by atoms with E-state index in [4.69, 9.17) is 0 Å². The van der Waals surface area contributed by atoms with Crippen LogP contribution in [0.15, 0.2) is 18.2 Å². The Morgan fingerprint density at radius 1 is 1.20 bits per heavy atom. The quantitative estimate of drug-likeness (QED) is 0.864. The standard InChI is InChI=1S/C16H22N2O.ClH/c1-11-3-4-12(2)15(9-11)16(19)18-8-7-13-5-6-14(10-18)17-13;/h3-4,9,13-14,17H,5-8,10H2,1-2H3;1H. The molecule has 1 aromatic rings. The molecule has 110 valence electrons. The van der Waals surface area contributed by atoms with Crippen LogP contribution >= 0.6 is 12.4 Å². The molecule has 2 saturated heterocycles. The van der Waals surface area contributed by atoms with E-state index in [2.05, 4.69) is 11.4 Å². The maximum atomic E-state index is 12.7. The lowest BCUT2D eigenvalue weighted by molar-refractivity contribution is 0.0747. The average Bonchev–Trinajstić information content (AvgIpc) is 2.71.